The molecule has 2 aliphatic rings. The van der Waals surface area contributed by atoms with Crippen molar-refractivity contribution < 1.29 is 37.3 Å². The normalized spacial score (nSPS) is 22.5. The van der Waals surface area contributed by atoms with Crippen molar-refractivity contribution in [2.75, 3.05) is 35.2 Å². The Kier molecular flexibility index (Phi) is 5.13. The molecule has 4 N–H and O–H groups in total. The van der Waals surface area contributed by atoms with Crippen LogP contribution in [0, 0.1) is 11.6 Å². The molecule has 2 heterocycles. The number of anilines is 2. The lowest BCUT2D eigenvalue weighted by molar-refractivity contribution is 0.136. The summed E-state index contributed by atoms with van der Waals surface area (Å²) in [5, 5.41) is 11.7. The van der Waals surface area contributed by atoms with Crippen molar-refractivity contribution in [1.82, 2.24) is 5.32 Å². The van der Waals surface area contributed by atoms with E-state index < -0.39 is 40.5 Å². The van der Waals surface area contributed by atoms with Gasteiger partial charge in [-0.3, -0.25) is 14.0 Å². The zero-order valence-corrected chi connectivity index (χ0v) is 14.7. The first-order valence-electron chi connectivity index (χ1n) is 7.81. The Bertz CT molecular complexity index is 783. The highest BCUT2D eigenvalue weighted by atomic mass is 32.3. The van der Waals surface area contributed by atoms with Gasteiger partial charge in [0.1, 0.15) is 11.8 Å². The number of hydrogen-bond donors (Lipinski definition) is 4. The summed E-state index contributed by atoms with van der Waals surface area (Å²) in [7, 11) is -2.88. The molecule has 148 valence electrons. The number of amides is 2. The molecule has 0 spiro atoms. The second kappa shape index (κ2) is 7.21. The summed E-state index contributed by atoms with van der Waals surface area (Å²) in [4.78, 5) is 24.6. The number of ether oxygens (including phenoxy) is 1. The smallest absolute Gasteiger partial charge is 0.414 e. The largest absolute Gasteiger partial charge is 0.465 e. The van der Waals surface area contributed by atoms with Crippen LogP contribution >= 0.6 is 10.6 Å². The van der Waals surface area contributed by atoms with Gasteiger partial charge in [0.05, 0.1) is 24.5 Å². The molecule has 2 amide bonds. The number of cyclic esters (lactones) is 1. The van der Waals surface area contributed by atoms with Gasteiger partial charge in [-0.1, -0.05) is 0 Å². The molecule has 1 saturated heterocycles. The Morgan fingerprint density at radius 2 is 2.00 bits per heavy atom. The molecule has 1 aromatic carbocycles. The standard InChI is InChI=1S/C15H17F2N3O6S/c16-11-5-9(20-8-10(26-15(20)23)7-18-14(21)22)6-12(17)13(11)19-1-3-27(24,25)4-2-19/h1,3,5-6,10,18,24-25H,2,4,7-8H2,(H,21,22). The summed E-state index contributed by atoms with van der Waals surface area (Å²) in [5.74, 6) is -1.93. The highest BCUT2D eigenvalue weighted by molar-refractivity contribution is 8.26. The molecule has 12 heteroatoms. The van der Waals surface area contributed by atoms with Crippen molar-refractivity contribution in [1.29, 1.82) is 0 Å². The molecule has 0 saturated carbocycles. The number of nitrogens with zero attached hydrogens (tertiary/aromatic N) is 2. The maximum absolute atomic E-state index is 14.5. The van der Waals surface area contributed by atoms with E-state index in [1.54, 1.807) is 0 Å². The Labute approximate surface area is 154 Å². The Morgan fingerprint density at radius 1 is 1.33 bits per heavy atom. The number of carbonyl (C=O) groups is 2. The molecule has 0 radical (unpaired) electrons. The zero-order valence-electron chi connectivity index (χ0n) is 13.8. The molecule has 9 nitrogen and oxygen atoms in total. The monoisotopic (exact) mass is 405 g/mol. The van der Waals surface area contributed by atoms with Gasteiger partial charge in [-0.25, -0.2) is 18.4 Å². The molecule has 1 aromatic rings. The number of rotatable bonds is 4. The minimum Gasteiger partial charge on any atom is -0.465 e. The molecule has 2 aliphatic heterocycles. The van der Waals surface area contributed by atoms with E-state index in [2.05, 4.69) is 5.32 Å². The van der Waals surface area contributed by atoms with Crippen molar-refractivity contribution in [2.45, 2.75) is 6.10 Å². The van der Waals surface area contributed by atoms with Crippen molar-refractivity contribution >= 4 is 34.2 Å². The van der Waals surface area contributed by atoms with E-state index in [1.807, 2.05) is 0 Å². The summed E-state index contributed by atoms with van der Waals surface area (Å²) in [6.07, 6.45) is -1.70. The van der Waals surface area contributed by atoms with Gasteiger partial charge in [0.2, 0.25) is 0 Å². The van der Waals surface area contributed by atoms with Crippen molar-refractivity contribution in [3.63, 3.8) is 0 Å². The van der Waals surface area contributed by atoms with Crippen LogP contribution in [0.5, 0.6) is 0 Å². The molecule has 27 heavy (non-hydrogen) atoms. The van der Waals surface area contributed by atoms with E-state index in [1.165, 1.54) is 11.1 Å². The third kappa shape index (κ3) is 4.23. The van der Waals surface area contributed by atoms with E-state index >= 15 is 0 Å². The van der Waals surface area contributed by atoms with Crippen LogP contribution in [-0.2, 0) is 4.74 Å². The van der Waals surface area contributed by atoms with Crippen LogP contribution in [0.3, 0.4) is 0 Å². The minimum atomic E-state index is -2.88. The van der Waals surface area contributed by atoms with Crippen LogP contribution < -0.4 is 15.1 Å². The van der Waals surface area contributed by atoms with Crippen LogP contribution in [0.15, 0.2) is 23.7 Å². The number of benzene rings is 1. The van der Waals surface area contributed by atoms with E-state index in [0.717, 1.165) is 22.4 Å². The van der Waals surface area contributed by atoms with Gasteiger partial charge < -0.3 is 20.1 Å². The van der Waals surface area contributed by atoms with Crippen LogP contribution in [0.2, 0.25) is 0 Å². The SMILES string of the molecule is O=C(O)NCC1CN(c2cc(F)c(N3C=CS(O)(O)CC3)c(F)c2)C(=O)O1. The number of carboxylic acid groups (broad SMARTS) is 1. The average Bonchev–Trinajstić information content (AvgIpc) is 2.94. The highest BCUT2D eigenvalue weighted by Crippen LogP contribution is 2.43. The molecule has 0 bridgehead atoms. The lowest BCUT2D eigenvalue weighted by atomic mass is 10.2. The van der Waals surface area contributed by atoms with Crippen LogP contribution in [-0.4, -0.2) is 57.9 Å². The van der Waals surface area contributed by atoms with E-state index in [0.29, 0.717) is 0 Å². The first kappa shape index (κ1) is 19.2. The lowest BCUT2D eigenvalue weighted by Crippen LogP contribution is -2.33. The van der Waals surface area contributed by atoms with Gasteiger partial charge in [0.15, 0.2) is 11.6 Å². The summed E-state index contributed by atoms with van der Waals surface area (Å²) in [5.41, 5.74) is -0.441. The minimum absolute atomic E-state index is 0.0146. The molecule has 0 aromatic heterocycles. The van der Waals surface area contributed by atoms with Crippen LogP contribution in [0.25, 0.3) is 0 Å². The lowest BCUT2D eigenvalue weighted by Gasteiger charge is -2.36. The number of nitrogens with one attached hydrogen (secondary N) is 1. The summed E-state index contributed by atoms with van der Waals surface area (Å²) in [6, 6.07) is 1.93. The predicted molar refractivity (Wildman–Crippen MR) is 94.2 cm³/mol. The van der Waals surface area contributed by atoms with Crippen molar-refractivity contribution in [3.05, 3.63) is 35.4 Å². The fraction of sp³-hybridized carbons (Fsp3) is 0.333. The van der Waals surface area contributed by atoms with Crippen LogP contribution in [0.4, 0.5) is 29.7 Å². The van der Waals surface area contributed by atoms with Gasteiger partial charge in [-0.05, 0) is 0 Å². The highest BCUT2D eigenvalue weighted by Gasteiger charge is 2.34. The van der Waals surface area contributed by atoms with E-state index in [4.69, 9.17) is 9.84 Å². The first-order chi connectivity index (χ1) is 12.7. The molecule has 1 fully saturated rings. The second-order valence-electron chi connectivity index (χ2n) is 5.96. The molecular weight excluding hydrogens is 388 g/mol. The molecule has 0 aliphatic carbocycles. The summed E-state index contributed by atoms with van der Waals surface area (Å²) < 4.78 is 53.1. The van der Waals surface area contributed by atoms with Crippen molar-refractivity contribution in [3.8, 4) is 0 Å². The zero-order chi connectivity index (χ0) is 19.8. The van der Waals surface area contributed by atoms with Gasteiger partial charge in [0, 0.05) is 30.3 Å². The Hall–Kier alpha value is -2.57. The summed E-state index contributed by atoms with van der Waals surface area (Å²) >= 11 is 0. The number of hydrogen-bond acceptors (Lipinski definition) is 6. The Morgan fingerprint density at radius 3 is 2.56 bits per heavy atom. The van der Waals surface area contributed by atoms with Gasteiger partial charge >= 0.3 is 12.2 Å². The fourth-order valence-electron chi connectivity index (χ4n) is 2.75. The van der Waals surface area contributed by atoms with Gasteiger partial charge in [-0.15, -0.1) is 0 Å². The molecule has 3 rings (SSSR count). The molecular formula is C15H17F2N3O6S. The average molecular weight is 405 g/mol. The third-order valence-electron chi connectivity index (χ3n) is 4.05. The van der Waals surface area contributed by atoms with E-state index in [9.17, 15) is 27.5 Å². The van der Waals surface area contributed by atoms with E-state index in [-0.39, 0.29) is 36.8 Å². The Balaban J connectivity index is 1.79. The van der Waals surface area contributed by atoms with Gasteiger partial charge in [-0.2, -0.15) is 10.6 Å². The summed E-state index contributed by atoms with van der Waals surface area (Å²) in [6.45, 7) is -0.200. The maximum atomic E-state index is 14.5. The number of halogens is 2. The first-order valence-corrected chi connectivity index (χ1v) is 9.59. The quantitative estimate of drug-likeness (QED) is 0.607. The molecule has 1 unspecified atom stereocenters. The number of carbonyl (C=O) groups excluding carboxylic acids is 1. The maximum Gasteiger partial charge on any atom is 0.414 e. The fourth-order valence-corrected chi connectivity index (χ4v) is 3.70. The van der Waals surface area contributed by atoms with Crippen LogP contribution in [0.1, 0.15) is 0 Å². The molecule has 1 atom stereocenters. The predicted octanol–water partition coefficient (Wildman–Crippen LogP) is 2.60. The third-order valence-corrected chi connectivity index (χ3v) is 5.39. The van der Waals surface area contributed by atoms with Gasteiger partial charge in [0.25, 0.3) is 0 Å². The second-order valence-corrected chi connectivity index (χ2v) is 8.08. The topological polar surface area (TPSA) is 123 Å². The van der Waals surface area contributed by atoms with Crippen molar-refractivity contribution in [2.24, 2.45) is 0 Å².